The highest BCUT2D eigenvalue weighted by Crippen LogP contribution is 2.29. The monoisotopic (exact) mass is 402 g/mol. The van der Waals surface area contributed by atoms with Gasteiger partial charge in [-0.3, -0.25) is 14.8 Å². The number of anilines is 1. The van der Waals surface area contributed by atoms with E-state index >= 15 is 0 Å². The minimum absolute atomic E-state index is 0.276. The average Bonchev–Trinajstić information content (AvgIpc) is 3.40. The van der Waals surface area contributed by atoms with E-state index < -0.39 is 0 Å². The highest BCUT2D eigenvalue weighted by atomic mass is 15.3. The molecule has 0 spiro atoms. The first-order valence-electron chi connectivity index (χ1n) is 10.6. The Balaban J connectivity index is 1.46. The number of nitrogens with one attached hydrogen (secondary N) is 2. The number of hydrogen-bond acceptors (Lipinski definition) is 6. The molecule has 0 amide bonds. The van der Waals surface area contributed by atoms with E-state index in [-0.39, 0.29) is 6.04 Å². The zero-order chi connectivity index (χ0) is 20.5. The Kier molecular flexibility index (Phi) is 4.92. The SMILES string of the molecule is CCn1cc(-c2cc3c(-c4cccc(NC5CCCC(N)C5)n4)n[nH]c3cn2)cn1. The fourth-order valence-corrected chi connectivity index (χ4v) is 4.15. The van der Waals surface area contributed by atoms with Crippen molar-refractivity contribution in [1.82, 2.24) is 29.9 Å². The molecule has 154 valence electrons. The maximum atomic E-state index is 6.13. The summed E-state index contributed by atoms with van der Waals surface area (Å²) in [6.45, 7) is 2.89. The Bertz CT molecular complexity index is 1160. The summed E-state index contributed by atoms with van der Waals surface area (Å²) in [7, 11) is 0. The Hall–Kier alpha value is -3.26. The quantitative estimate of drug-likeness (QED) is 0.471. The lowest BCUT2D eigenvalue weighted by Gasteiger charge is -2.27. The minimum Gasteiger partial charge on any atom is -0.367 e. The third-order valence-electron chi connectivity index (χ3n) is 5.76. The van der Waals surface area contributed by atoms with Crippen LogP contribution < -0.4 is 11.1 Å². The van der Waals surface area contributed by atoms with Gasteiger partial charge < -0.3 is 11.1 Å². The van der Waals surface area contributed by atoms with Crippen molar-refractivity contribution in [2.45, 2.75) is 51.2 Å². The zero-order valence-electron chi connectivity index (χ0n) is 17.0. The van der Waals surface area contributed by atoms with Crippen LogP contribution >= 0.6 is 0 Å². The number of nitrogens with zero attached hydrogens (tertiary/aromatic N) is 5. The van der Waals surface area contributed by atoms with Crippen molar-refractivity contribution in [3.05, 3.63) is 42.9 Å². The van der Waals surface area contributed by atoms with E-state index in [0.717, 1.165) is 71.6 Å². The summed E-state index contributed by atoms with van der Waals surface area (Å²) < 4.78 is 1.89. The van der Waals surface area contributed by atoms with Crippen molar-refractivity contribution in [3.8, 4) is 22.6 Å². The van der Waals surface area contributed by atoms with Gasteiger partial charge in [0, 0.05) is 35.8 Å². The predicted molar refractivity (Wildman–Crippen MR) is 118 cm³/mol. The lowest BCUT2D eigenvalue weighted by atomic mass is 9.92. The molecule has 8 nitrogen and oxygen atoms in total. The molecule has 1 saturated carbocycles. The van der Waals surface area contributed by atoms with Crippen LogP contribution in [0.15, 0.2) is 42.9 Å². The first kappa shape index (κ1) is 18.7. The van der Waals surface area contributed by atoms with Crippen molar-refractivity contribution in [1.29, 1.82) is 0 Å². The lowest BCUT2D eigenvalue weighted by molar-refractivity contribution is 0.409. The van der Waals surface area contributed by atoms with Crippen molar-refractivity contribution in [2.75, 3.05) is 5.32 Å². The summed E-state index contributed by atoms with van der Waals surface area (Å²) in [6.07, 6.45) is 10.0. The number of aryl methyl sites for hydroxylation is 1. The first-order valence-corrected chi connectivity index (χ1v) is 10.6. The standard InChI is InChI=1S/C22H26N8/c1-2-30-13-14(11-25-30)19-10-17-20(12-24-19)28-29-22(17)18-7-4-8-21(27-18)26-16-6-3-5-15(23)9-16/h4,7-8,10-13,15-16H,2-3,5-6,9,23H2,1H3,(H,26,27)(H,28,29). The molecule has 0 saturated heterocycles. The van der Waals surface area contributed by atoms with Crippen molar-refractivity contribution >= 4 is 16.7 Å². The summed E-state index contributed by atoms with van der Waals surface area (Å²) in [5, 5.41) is 16.5. The molecule has 2 unspecified atom stereocenters. The van der Waals surface area contributed by atoms with Gasteiger partial charge in [0.15, 0.2) is 0 Å². The van der Waals surface area contributed by atoms with Crippen LogP contribution in [0.4, 0.5) is 5.82 Å². The molecule has 1 aliphatic rings. The highest BCUT2D eigenvalue weighted by Gasteiger charge is 2.20. The summed E-state index contributed by atoms with van der Waals surface area (Å²) in [4.78, 5) is 9.40. The van der Waals surface area contributed by atoms with Crippen LogP contribution in [-0.4, -0.2) is 42.0 Å². The number of fused-ring (bicyclic) bond motifs is 1. The molecule has 0 aliphatic heterocycles. The maximum absolute atomic E-state index is 6.13. The first-order chi connectivity index (χ1) is 14.7. The summed E-state index contributed by atoms with van der Waals surface area (Å²) in [5.74, 6) is 0.862. The summed E-state index contributed by atoms with van der Waals surface area (Å²) >= 11 is 0. The van der Waals surface area contributed by atoms with Crippen molar-refractivity contribution in [3.63, 3.8) is 0 Å². The molecule has 1 fully saturated rings. The molecule has 2 atom stereocenters. The fourth-order valence-electron chi connectivity index (χ4n) is 4.15. The molecular weight excluding hydrogens is 376 g/mol. The van der Waals surface area contributed by atoms with Gasteiger partial charge in [0.1, 0.15) is 11.5 Å². The third kappa shape index (κ3) is 3.66. The Morgan fingerprint density at radius 1 is 1.23 bits per heavy atom. The second-order valence-corrected chi connectivity index (χ2v) is 7.95. The number of aromatic nitrogens is 6. The molecular formula is C22H26N8. The van der Waals surface area contributed by atoms with Gasteiger partial charge in [-0.05, 0) is 50.8 Å². The predicted octanol–water partition coefficient (Wildman–Crippen LogP) is 3.59. The second kappa shape index (κ2) is 7.87. The number of aromatic amines is 1. The Morgan fingerprint density at radius 2 is 2.17 bits per heavy atom. The molecule has 0 radical (unpaired) electrons. The van der Waals surface area contributed by atoms with E-state index in [1.807, 2.05) is 47.5 Å². The normalized spacial score (nSPS) is 19.3. The van der Waals surface area contributed by atoms with Gasteiger partial charge >= 0.3 is 0 Å². The molecule has 5 rings (SSSR count). The van der Waals surface area contributed by atoms with Crippen molar-refractivity contribution < 1.29 is 0 Å². The third-order valence-corrected chi connectivity index (χ3v) is 5.76. The van der Waals surface area contributed by atoms with E-state index in [1.54, 1.807) is 0 Å². The minimum atomic E-state index is 0.276. The smallest absolute Gasteiger partial charge is 0.126 e. The van der Waals surface area contributed by atoms with E-state index in [4.69, 9.17) is 10.7 Å². The molecule has 4 aromatic rings. The molecule has 0 bridgehead atoms. The van der Waals surface area contributed by atoms with Gasteiger partial charge in [-0.1, -0.05) is 6.07 Å². The van der Waals surface area contributed by atoms with Crippen LogP contribution in [0.1, 0.15) is 32.6 Å². The fraction of sp³-hybridized carbons (Fsp3) is 0.364. The topological polar surface area (TPSA) is 110 Å². The molecule has 4 N–H and O–H groups in total. The van der Waals surface area contributed by atoms with Gasteiger partial charge in [0.2, 0.25) is 0 Å². The summed E-state index contributed by atoms with van der Waals surface area (Å²) in [6, 6.07) is 8.71. The van der Waals surface area contributed by atoms with Crippen molar-refractivity contribution in [2.24, 2.45) is 5.73 Å². The van der Waals surface area contributed by atoms with Crippen LogP contribution in [-0.2, 0) is 6.54 Å². The number of pyridine rings is 2. The van der Waals surface area contributed by atoms with Crippen LogP contribution in [0, 0.1) is 0 Å². The van der Waals surface area contributed by atoms with Crippen LogP contribution in [0.5, 0.6) is 0 Å². The van der Waals surface area contributed by atoms with E-state index in [9.17, 15) is 0 Å². The van der Waals surface area contributed by atoms with Gasteiger partial charge in [-0.15, -0.1) is 0 Å². The lowest BCUT2D eigenvalue weighted by Crippen LogP contribution is -2.35. The van der Waals surface area contributed by atoms with Gasteiger partial charge in [-0.2, -0.15) is 10.2 Å². The largest absolute Gasteiger partial charge is 0.367 e. The zero-order valence-corrected chi connectivity index (χ0v) is 17.0. The Morgan fingerprint density at radius 3 is 3.00 bits per heavy atom. The number of rotatable bonds is 5. The van der Waals surface area contributed by atoms with Gasteiger partial charge in [0.25, 0.3) is 0 Å². The Labute approximate surface area is 174 Å². The number of nitrogens with two attached hydrogens (primary N) is 1. The molecule has 8 heteroatoms. The summed E-state index contributed by atoms with van der Waals surface area (Å²) in [5.41, 5.74) is 10.5. The second-order valence-electron chi connectivity index (χ2n) is 7.95. The van der Waals surface area contributed by atoms with E-state index in [2.05, 4.69) is 32.5 Å². The number of H-pyrrole nitrogens is 1. The average molecular weight is 403 g/mol. The van der Waals surface area contributed by atoms with Crippen LogP contribution in [0.2, 0.25) is 0 Å². The van der Waals surface area contributed by atoms with E-state index in [1.165, 1.54) is 0 Å². The van der Waals surface area contributed by atoms with Crippen LogP contribution in [0.25, 0.3) is 33.5 Å². The molecule has 4 heterocycles. The van der Waals surface area contributed by atoms with Crippen LogP contribution in [0.3, 0.4) is 0 Å². The maximum Gasteiger partial charge on any atom is 0.126 e. The van der Waals surface area contributed by atoms with E-state index in [0.29, 0.717) is 6.04 Å². The molecule has 0 aromatic carbocycles. The number of hydrogen-bond donors (Lipinski definition) is 3. The molecule has 1 aliphatic carbocycles. The molecule has 4 aromatic heterocycles. The molecule has 30 heavy (non-hydrogen) atoms. The highest BCUT2D eigenvalue weighted by molar-refractivity contribution is 5.93. The van der Waals surface area contributed by atoms with Gasteiger partial charge in [0.05, 0.1) is 29.3 Å². The van der Waals surface area contributed by atoms with Gasteiger partial charge in [-0.25, -0.2) is 4.98 Å².